The van der Waals surface area contributed by atoms with Crippen LogP contribution in [-0.2, 0) is 0 Å². The van der Waals surface area contributed by atoms with Gasteiger partial charge in [0.25, 0.3) is 0 Å². The van der Waals surface area contributed by atoms with E-state index in [0.717, 1.165) is 0 Å². The molecule has 0 aliphatic heterocycles. The molecule has 20 heavy (non-hydrogen) atoms. The zero-order valence-corrected chi connectivity index (χ0v) is 11.6. The molecule has 0 bridgehead atoms. The first-order valence-electron chi connectivity index (χ1n) is 6.51. The largest absolute Gasteiger partial charge is 0.401 e. The molecule has 1 aromatic rings. The van der Waals surface area contributed by atoms with Crippen LogP contribution in [0.25, 0.3) is 0 Å². The van der Waals surface area contributed by atoms with Gasteiger partial charge in [-0.15, -0.1) is 0 Å². The molecule has 114 valence electrons. The van der Waals surface area contributed by atoms with Crippen molar-refractivity contribution >= 4 is 0 Å². The van der Waals surface area contributed by atoms with Crippen molar-refractivity contribution in [1.29, 1.82) is 0 Å². The highest BCUT2D eigenvalue weighted by Crippen LogP contribution is 2.21. The smallest absolute Gasteiger partial charge is 0.324 e. The predicted molar refractivity (Wildman–Crippen MR) is 70.7 cm³/mol. The molecule has 6 heteroatoms. The number of benzene rings is 1. The van der Waals surface area contributed by atoms with Gasteiger partial charge >= 0.3 is 6.18 Å². The number of nitrogens with two attached hydrogens (primary N) is 1. The Morgan fingerprint density at radius 1 is 1.20 bits per heavy atom. The van der Waals surface area contributed by atoms with Gasteiger partial charge in [-0.1, -0.05) is 18.2 Å². The zero-order valence-electron chi connectivity index (χ0n) is 11.6. The highest BCUT2D eigenvalue weighted by atomic mass is 19.4. The fourth-order valence-electron chi connectivity index (χ4n) is 1.99. The molecule has 0 saturated carbocycles. The third kappa shape index (κ3) is 5.46. The van der Waals surface area contributed by atoms with Gasteiger partial charge in [-0.05, 0) is 26.3 Å². The number of alkyl halides is 3. The maximum atomic E-state index is 13.5. The quantitative estimate of drug-likeness (QED) is 0.813. The minimum absolute atomic E-state index is 0.173. The molecule has 0 aliphatic rings. The molecule has 0 spiro atoms. The molecule has 0 fully saturated rings. The highest BCUT2D eigenvalue weighted by Gasteiger charge is 2.31. The van der Waals surface area contributed by atoms with Crippen molar-refractivity contribution in [2.45, 2.75) is 38.5 Å². The molecule has 2 nitrogen and oxygen atoms in total. The third-order valence-electron chi connectivity index (χ3n) is 3.14. The standard InChI is InChI=1S/C14H20F4N2/c1-10(2)20(9-14(16,17)18)8-7-13(19)11-5-3-4-6-12(11)15/h3-6,10,13H,7-9,19H2,1-2H3. The summed E-state index contributed by atoms with van der Waals surface area (Å²) in [5, 5.41) is 0. The SMILES string of the molecule is CC(C)N(CCC(N)c1ccccc1F)CC(F)(F)F. The van der Waals surface area contributed by atoms with Crippen molar-refractivity contribution in [3.05, 3.63) is 35.6 Å². The van der Waals surface area contributed by atoms with E-state index in [1.807, 2.05) is 0 Å². The second-order valence-electron chi connectivity index (χ2n) is 5.10. The molecular weight excluding hydrogens is 272 g/mol. The van der Waals surface area contributed by atoms with Crippen LogP contribution >= 0.6 is 0 Å². The monoisotopic (exact) mass is 292 g/mol. The van der Waals surface area contributed by atoms with E-state index in [1.54, 1.807) is 32.0 Å². The molecule has 1 atom stereocenters. The Labute approximate surface area is 116 Å². The van der Waals surface area contributed by atoms with Gasteiger partial charge in [0.05, 0.1) is 6.54 Å². The van der Waals surface area contributed by atoms with Crippen molar-refractivity contribution in [3.63, 3.8) is 0 Å². The molecule has 1 rings (SSSR count). The normalized spacial score (nSPS) is 14.1. The lowest BCUT2D eigenvalue weighted by Gasteiger charge is -2.28. The summed E-state index contributed by atoms with van der Waals surface area (Å²) in [5.74, 6) is -0.424. The van der Waals surface area contributed by atoms with Gasteiger partial charge < -0.3 is 5.73 Å². The maximum Gasteiger partial charge on any atom is 0.401 e. The molecule has 0 aromatic heterocycles. The molecule has 0 aliphatic carbocycles. The Kier molecular flexibility index (Phi) is 5.95. The number of hydrogen-bond donors (Lipinski definition) is 1. The lowest BCUT2D eigenvalue weighted by Crippen LogP contribution is -2.40. The Morgan fingerprint density at radius 3 is 2.30 bits per heavy atom. The molecule has 1 aromatic carbocycles. The fraction of sp³-hybridized carbons (Fsp3) is 0.571. The van der Waals surface area contributed by atoms with Crippen LogP contribution in [0.4, 0.5) is 17.6 Å². The van der Waals surface area contributed by atoms with Crippen molar-refractivity contribution < 1.29 is 17.6 Å². The Balaban J connectivity index is 2.61. The van der Waals surface area contributed by atoms with E-state index in [2.05, 4.69) is 0 Å². The van der Waals surface area contributed by atoms with Gasteiger partial charge in [0.15, 0.2) is 0 Å². The van der Waals surface area contributed by atoms with Gasteiger partial charge in [0.2, 0.25) is 0 Å². The van der Waals surface area contributed by atoms with Gasteiger partial charge in [0, 0.05) is 24.2 Å². The van der Waals surface area contributed by atoms with Crippen molar-refractivity contribution in [3.8, 4) is 0 Å². The van der Waals surface area contributed by atoms with Gasteiger partial charge in [-0.3, -0.25) is 4.90 Å². The molecule has 0 heterocycles. The predicted octanol–water partition coefficient (Wildman–Crippen LogP) is 3.49. The topological polar surface area (TPSA) is 29.3 Å². The first-order valence-corrected chi connectivity index (χ1v) is 6.51. The van der Waals surface area contributed by atoms with Crippen LogP contribution in [0.15, 0.2) is 24.3 Å². The van der Waals surface area contributed by atoms with Crippen LogP contribution in [0, 0.1) is 5.82 Å². The first-order chi connectivity index (χ1) is 9.20. The first kappa shape index (κ1) is 16.9. The van der Waals surface area contributed by atoms with E-state index in [4.69, 9.17) is 5.73 Å². The average molecular weight is 292 g/mol. The highest BCUT2D eigenvalue weighted by molar-refractivity contribution is 5.20. The van der Waals surface area contributed by atoms with Crippen molar-refractivity contribution in [2.75, 3.05) is 13.1 Å². The van der Waals surface area contributed by atoms with Crippen LogP contribution < -0.4 is 5.73 Å². The lowest BCUT2D eigenvalue weighted by atomic mass is 10.0. The lowest BCUT2D eigenvalue weighted by molar-refractivity contribution is -0.149. The Hall–Kier alpha value is -1.14. The summed E-state index contributed by atoms with van der Waals surface area (Å²) >= 11 is 0. The third-order valence-corrected chi connectivity index (χ3v) is 3.14. The minimum Gasteiger partial charge on any atom is -0.324 e. The summed E-state index contributed by atoms with van der Waals surface area (Å²) in [7, 11) is 0. The van der Waals surface area contributed by atoms with Gasteiger partial charge in [-0.2, -0.15) is 13.2 Å². The summed E-state index contributed by atoms with van der Waals surface area (Å²) in [6.45, 7) is 2.59. The average Bonchev–Trinajstić information content (AvgIpc) is 2.33. The second-order valence-corrected chi connectivity index (χ2v) is 5.10. The van der Waals surface area contributed by atoms with E-state index in [0.29, 0.717) is 5.56 Å². The molecule has 0 radical (unpaired) electrons. The molecule has 0 saturated heterocycles. The summed E-state index contributed by atoms with van der Waals surface area (Å²) < 4.78 is 50.9. The van der Waals surface area contributed by atoms with Crippen molar-refractivity contribution in [2.24, 2.45) is 5.73 Å². The fourth-order valence-corrected chi connectivity index (χ4v) is 1.99. The second kappa shape index (κ2) is 7.04. The van der Waals surface area contributed by atoms with Gasteiger partial charge in [-0.25, -0.2) is 4.39 Å². The Bertz CT molecular complexity index is 418. The maximum absolute atomic E-state index is 13.5. The van der Waals surface area contributed by atoms with Crippen molar-refractivity contribution in [1.82, 2.24) is 4.90 Å². The summed E-state index contributed by atoms with van der Waals surface area (Å²) in [4.78, 5) is 1.29. The van der Waals surface area contributed by atoms with Gasteiger partial charge in [0.1, 0.15) is 5.82 Å². The van der Waals surface area contributed by atoms with Crippen LogP contribution in [0.1, 0.15) is 31.9 Å². The molecule has 1 unspecified atom stereocenters. The molecule has 0 amide bonds. The zero-order chi connectivity index (χ0) is 15.3. The van der Waals surface area contributed by atoms with Crippen LogP contribution in [0.3, 0.4) is 0 Å². The van der Waals surface area contributed by atoms with Crippen LogP contribution in [-0.4, -0.2) is 30.2 Å². The van der Waals surface area contributed by atoms with E-state index < -0.39 is 24.6 Å². The van der Waals surface area contributed by atoms with E-state index in [1.165, 1.54) is 11.0 Å². The number of rotatable bonds is 6. The van der Waals surface area contributed by atoms with Crippen LogP contribution in [0.5, 0.6) is 0 Å². The number of hydrogen-bond acceptors (Lipinski definition) is 2. The number of halogens is 4. The minimum atomic E-state index is -4.24. The molecule has 2 N–H and O–H groups in total. The number of nitrogens with zero attached hydrogens (tertiary/aromatic N) is 1. The summed E-state index contributed by atoms with van der Waals surface area (Å²) in [6.07, 6.45) is -3.97. The van der Waals surface area contributed by atoms with Crippen LogP contribution in [0.2, 0.25) is 0 Å². The summed E-state index contributed by atoms with van der Waals surface area (Å²) in [5.41, 5.74) is 6.20. The van der Waals surface area contributed by atoms with E-state index >= 15 is 0 Å². The summed E-state index contributed by atoms with van der Waals surface area (Å²) in [6, 6.07) is 5.22. The Morgan fingerprint density at radius 2 is 1.80 bits per heavy atom. The van der Waals surface area contributed by atoms with E-state index in [-0.39, 0.29) is 19.0 Å². The van der Waals surface area contributed by atoms with E-state index in [9.17, 15) is 17.6 Å². The molecular formula is C14H20F4N2.